The first-order chi connectivity index (χ1) is 7.67. The number of aryl methyl sites for hydroxylation is 1. The highest BCUT2D eigenvalue weighted by molar-refractivity contribution is 6.29. The largest absolute Gasteiger partial charge is 0.395 e. The molecule has 5 heteroatoms. The predicted molar refractivity (Wildman–Crippen MR) is 66.1 cm³/mol. The molecule has 4 nitrogen and oxygen atoms in total. The number of hydrogen-bond donors (Lipinski definition) is 3. The van der Waals surface area contributed by atoms with Crippen LogP contribution in [-0.2, 0) is 4.79 Å². The lowest BCUT2D eigenvalue weighted by molar-refractivity contribution is -0.113. The van der Waals surface area contributed by atoms with Gasteiger partial charge in [-0.2, -0.15) is 0 Å². The fraction of sp³-hybridized carbons (Fsp3) is 0.364. The van der Waals surface area contributed by atoms with Gasteiger partial charge in [-0.15, -0.1) is 11.6 Å². The normalized spacial score (nSPS) is 9.94. The molecule has 88 valence electrons. The molecule has 0 aromatic heterocycles. The quantitative estimate of drug-likeness (QED) is 0.687. The van der Waals surface area contributed by atoms with Crippen molar-refractivity contribution in [3.05, 3.63) is 23.8 Å². The summed E-state index contributed by atoms with van der Waals surface area (Å²) in [6.07, 6.45) is 0. The van der Waals surface area contributed by atoms with Gasteiger partial charge in [0.1, 0.15) is 5.88 Å². The van der Waals surface area contributed by atoms with Gasteiger partial charge >= 0.3 is 0 Å². The van der Waals surface area contributed by atoms with E-state index in [-0.39, 0.29) is 18.4 Å². The number of nitrogens with one attached hydrogen (secondary N) is 2. The molecule has 0 bridgehead atoms. The van der Waals surface area contributed by atoms with Crippen LogP contribution in [0.1, 0.15) is 5.56 Å². The standard InChI is InChI=1S/C11H15ClN2O2/c1-8-2-3-9(14-11(16)7-12)6-10(8)13-4-5-15/h2-3,6,13,15H,4-5,7H2,1H3,(H,14,16). The van der Waals surface area contributed by atoms with Crippen LogP contribution in [0.4, 0.5) is 11.4 Å². The predicted octanol–water partition coefficient (Wildman–Crippen LogP) is 1.58. The minimum absolute atomic E-state index is 0.0622. The number of aliphatic hydroxyl groups excluding tert-OH is 1. The first-order valence-electron chi connectivity index (χ1n) is 4.98. The maximum atomic E-state index is 11.1. The van der Waals surface area contributed by atoms with Gasteiger partial charge in [0.05, 0.1) is 6.61 Å². The summed E-state index contributed by atoms with van der Waals surface area (Å²) in [5, 5.41) is 14.4. The Balaban J connectivity index is 2.76. The number of amides is 1. The van der Waals surface area contributed by atoms with E-state index < -0.39 is 0 Å². The fourth-order valence-electron chi connectivity index (χ4n) is 1.28. The Kier molecular flexibility index (Phi) is 5.08. The van der Waals surface area contributed by atoms with Crippen molar-refractivity contribution in [1.82, 2.24) is 0 Å². The number of benzene rings is 1. The van der Waals surface area contributed by atoms with Crippen LogP contribution in [-0.4, -0.2) is 30.0 Å². The molecular weight excluding hydrogens is 228 g/mol. The summed E-state index contributed by atoms with van der Waals surface area (Å²) in [7, 11) is 0. The summed E-state index contributed by atoms with van der Waals surface area (Å²) >= 11 is 5.40. The monoisotopic (exact) mass is 242 g/mol. The minimum atomic E-state index is -0.237. The molecule has 0 spiro atoms. The molecule has 0 aliphatic rings. The van der Waals surface area contributed by atoms with Crippen LogP contribution in [0.2, 0.25) is 0 Å². The van der Waals surface area contributed by atoms with Gasteiger partial charge in [-0.3, -0.25) is 4.79 Å². The van der Waals surface area contributed by atoms with Crippen LogP contribution in [0.15, 0.2) is 18.2 Å². The smallest absolute Gasteiger partial charge is 0.239 e. The summed E-state index contributed by atoms with van der Waals surface area (Å²) < 4.78 is 0. The zero-order valence-corrected chi connectivity index (χ0v) is 9.84. The first-order valence-corrected chi connectivity index (χ1v) is 5.52. The molecule has 1 rings (SSSR count). The lowest BCUT2D eigenvalue weighted by Crippen LogP contribution is -2.13. The second-order valence-electron chi connectivity index (χ2n) is 3.36. The van der Waals surface area contributed by atoms with Crippen LogP contribution in [0, 0.1) is 6.92 Å². The number of hydrogen-bond acceptors (Lipinski definition) is 3. The molecule has 0 saturated carbocycles. The van der Waals surface area contributed by atoms with Gasteiger partial charge in [-0.05, 0) is 24.6 Å². The summed E-state index contributed by atoms with van der Waals surface area (Å²) in [5.74, 6) is -0.300. The maximum Gasteiger partial charge on any atom is 0.239 e. The number of anilines is 2. The fourth-order valence-corrected chi connectivity index (χ4v) is 1.34. The number of carbonyl (C=O) groups is 1. The molecule has 0 unspecified atom stereocenters. The summed E-state index contributed by atoms with van der Waals surface area (Å²) in [5.41, 5.74) is 2.63. The zero-order valence-electron chi connectivity index (χ0n) is 9.09. The van der Waals surface area contributed by atoms with Gasteiger partial charge in [0, 0.05) is 17.9 Å². The van der Waals surface area contributed by atoms with E-state index >= 15 is 0 Å². The average Bonchev–Trinajstić information content (AvgIpc) is 2.29. The van der Waals surface area contributed by atoms with E-state index in [0.29, 0.717) is 12.2 Å². The van der Waals surface area contributed by atoms with Crippen molar-refractivity contribution in [2.45, 2.75) is 6.92 Å². The van der Waals surface area contributed by atoms with Crippen molar-refractivity contribution in [2.75, 3.05) is 29.7 Å². The van der Waals surface area contributed by atoms with Crippen LogP contribution in [0.5, 0.6) is 0 Å². The number of halogens is 1. The summed E-state index contributed by atoms with van der Waals surface area (Å²) in [6.45, 7) is 2.50. The zero-order chi connectivity index (χ0) is 12.0. The molecule has 0 radical (unpaired) electrons. The van der Waals surface area contributed by atoms with Crippen LogP contribution < -0.4 is 10.6 Å². The third-order valence-corrected chi connectivity index (χ3v) is 2.31. The molecule has 0 heterocycles. The van der Waals surface area contributed by atoms with Gasteiger partial charge < -0.3 is 15.7 Å². The minimum Gasteiger partial charge on any atom is -0.395 e. The Bertz CT molecular complexity index is 369. The number of rotatable bonds is 5. The van der Waals surface area contributed by atoms with E-state index in [1.54, 1.807) is 0 Å². The van der Waals surface area contributed by atoms with Crippen molar-refractivity contribution in [3.8, 4) is 0 Å². The molecule has 1 aromatic rings. The molecule has 0 fully saturated rings. The Morgan fingerprint density at radius 2 is 2.25 bits per heavy atom. The second-order valence-corrected chi connectivity index (χ2v) is 3.63. The van der Waals surface area contributed by atoms with Gasteiger partial charge in [0.2, 0.25) is 5.91 Å². The van der Waals surface area contributed by atoms with E-state index in [4.69, 9.17) is 16.7 Å². The SMILES string of the molecule is Cc1ccc(NC(=O)CCl)cc1NCCO. The van der Waals surface area contributed by atoms with Gasteiger partial charge in [0.25, 0.3) is 0 Å². The van der Waals surface area contributed by atoms with Gasteiger partial charge in [0.15, 0.2) is 0 Å². The number of alkyl halides is 1. The van der Waals surface area contributed by atoms with Crippen molar-refractivity contribution >= 4 is 28.9 Å². The highest BCUT2D eigenvalue weighted by Crippen LogP contribution is 2.20. The van der Waals surface area contributed by atoms with Crippen LogP contribution in [0.3, 0.4) is 0 Å². The van der Waals surface area contributed by atoms with Crippen LogP contribution in [0.25, 0.3) is 0 Å². The summed E-state index contributed by atoms with van der Waals surface area (Å²) in [6, 6.07) is 5.52. The average molecular weight is 243 g/mol. The molecular formula is C11H15ClN2O2. The molecule has 1 amide bonds. The summed E-state index contributed by atoms with van der Waals surface area (Å²) in [4.78, 5) is 11.1. The molecule has 0 saturated heterocycles. The highest BCUT2D eigenvalue weighted by atomic mass is 35.5. The number of aliphatic hydroxyl groups is 1. The number of carbonyl (C=O) groups excluding carboxylic acids is 1. The van der Waals surface area contributed by atoms with E-state index in [1.165, 1.54) is 0 Å². The van der Waals surface area contributed by atoms with Crippen molar-refractivity contribution in [2.24, 2.45) is 0 Å². The molecule has 16 heavy (non-hydrogen) atoms. The van der Waals surface area contributed by atoms with Gasteiger partial charge in [-0.25, -0.2) is 0 Å². The first kappa shape index (κ1) is 12.8. The third-order valence-electron chi connectivity index (χ3n) is 2.07. The lowest BCUT2D eigenvalue weighted by atomic mass is 10.2. The Labute approximate surface area is 99.6 Å². The van der Waals surface area contributed by atoms with Crippen molar-refractivity contribution < 1.29 is 9.90 Å². The van der Waals surface area contributed by atoms with E-state index in [0.717, 1.165) is 11.3 Å². The second kappa shape index (κ2) is 6.35. The third kappa shape index (κ3) is 3.72. The van der Waals surface area contributed by atoms with E-state index in [9.17, 15) is 4.79 Å². The van der Waals surface area contributed by atoms with Crippen molar-refractivity contribution in [3.63, 3.8) is 0 Å². The lowest BCUT2D eigenvalue weighted by Gasteiger charge is -2.11. The van der Waals surface area contributed by atoms with E-state index in [2.05, 4.69) is 10.6 Å². The molecule has 0 atom stereocenters. The Hall–Kier alpha value is -1.26. The Morgan fingerprint density at radius 3 is 2.88 bits per heavy atom. The molecule has 3 N–H and O–H groups in total. The van der Waals surface area contributed by atoms with E-state index in [1.807, 2.05) is 25.1 Å². The molecule has 0 aliphatic heterocycles. The van der Waals surface area contributed by atoms with Gasteiger partial charge in [-0.1, -0.05) is 6.07 Å². The highest BCUT2D eigenvalue weighted by Gasteiger charge is 2.03. The van der Waals surface area contributed by atoms with Crippen LogP contribution >= 0.6 is 11.6 Å². The topological polar surface area (TPSA) is 61.4 Å². The Morgan fingerprint density at radius 1 is 1.50 bits per heavy atom. The van der Waals surface area contributed by atoms with Crippen molar-refractivity contribution in [1.29, 1.82) is 0 Å². The maximum absolute atomic E-state index is 11.1. The molecule has 1 aromatic carbocycles. The molecule has 0 aliphatic carbocycles.